The van der Waals surface area contributed by atoms with Crippen molar-refractivity contribution in [2.24, 2.45) is 5.92 Å². The normalized spacial score (nSPS) is 17.7. The molecule has 3 N–H and O–H groups in total. The lowest BCUT2D eigenvalue weighted by molar-refractivity contribution is -0.131. The molecule has 31 heavy (non-hydrogen) atoms. The first-order chi connectivity index (χ1) is 14.8. The van der Waals surface area contributed by atoms with E-state index in [4.69, 9.17) is 0 Å². The fourth-order valence-corrected chi connectivity index (χ4v) is 3.89. The van der Waals surface area contributed by atoms with Crippen molar-refractivity contribution in [3.63, 3.8) is 0 Å². The van der Waals surface area contributed by atoms with Gasteiger partial charge in [-0.1, -0.05) is 50.3 Å². The van der Waals surface area contributed by atoms with Gasteiger partial charge in [0.2, 0.25) is 5.91 Å². The van der Waals surface area contributed by atoms with Crippen LogP contribution in [0.4, 0.5) is 0 Å². The van der Waals surface area contributed by atoms with E-state index in [0.717, 1.165) is 24.8 Å². The van der Waals surface area contributed by atoms with Crippen LogP contribution in [0.2, 0.25) is 0 Å². The van der Waals surface area contributed by atoms with E-state index in [1.54, 1.807) is 11.0 Å². The van der Waals surface area contributed by atoms with Crippen LogP contribution in [0.3, 0.4) is 0 Å². The van der Waals surface area contributed by atoms with E-state index in [2.05, 4.69) is 5.32 Å². The van der Waals surface area contributed by atoms with Crippen molar-refractivity contribution in [3.8, 4) is 6.07 Å². The number of nitrogens with one attached hydrogen (secondary N) is 1. The highest BCUT2D eigenvalue weighted by Gasteiger charge is 2.30. The van der Waals surface area contributed by atoms with Crippen molar-refractivity contribution in [2.45, 2.75) is 64.4 Å². The van der Waals surface area contributed by atoms with Gasteiger partial charge in [0.15, 0.2) is 0 Å². The summed E-state index contributed by atoms with van der Waals surface area (Å²) in [4.78, 5) is 27.1. The van der Waals surface area contributed by atoms with E-state index < -0.39 is 13.1 Å². The van der Waals surface area contributed by atoms with Crippen molar-refractivity contribution in [1.29, 1.82) is 5.26 Å². The molecule has 0 unspecified atom stereocenters. The Kier molecular flexibility index (Phi) is 9.76. The van der Waals surface area contributed by atoms with Gasteiger partial charge in [0.1, 0.15) is 11.6 Å². The molecule has 0 saturated carbocycles. The number of piperidine rings is 1. The average Bonchev–Trinajstić information content (AvgIpc) is 2.75. The molecule has 7 nitrogen and oxygen atoms in total. The Bertz CT molecular complexity index is 805. The van der Waals surface area contributed by atoms with Crippen LogP contribution in [0.25, 0.3) is 0 Å². The van der Waals surface area contributed by atoms with Gasteiger partial charge in [-0.15, -0.1) is 0 Å². The molecule has 1 aliphatic heterocycles. The number of hydrogen-bond donors (Lipinski definition) is 3. The summed E-state index contributed by atoms with van der Waals surface area (Å²) in [6, 6.07) is 11.2. The maximum atomic E-state index is 12.9. The molecule has 1 aliphatic rings. The highest BCUT2D eigenvalue weighted by molar-refractivity contribution is 6.43. The summed E-state index contributed by atoms with van der Waals surface area (Å²) in [5, 5.41) is 31.4. The standard InChI is InChI=1S/C23H32BN3O4/c1-17(2)14-19(16-25)23(29)27-13-7-6-10-20(27)11-12-22(28)26-21(24(30)31)15-18-8-4-3-5-9-18/h3-5,8-9,14,17,20-21,30-31H,6-7,10-13,15H2,1-2H3,(H,26,28)/t20-,21-/m0/s1. The van der Waals surface area contributed by atoms with Crippen LogP contribution in [0, 0.1) is 17.2 Å². The van der Waals surface area contributed by atoms with E-state index in [1.165, 1.54) is 0 Å². The number of hydrogen-bond acceptors (Lipinski definition) is 5. The molecule has 1 heterocycles. The molecule has 1 saturated heterocycles. The smallest absolute Gasteiger partial charge is 0.426 e. The van der Waals surface area contributed by atoms with E-state index in [0.29, 0.717) is 19.4 Å². The number of carbonyl (C=O) groups excluding carboxylic acids is 2. The number of benzene rings is 1. The van der Waals surface area contributed by atoms with Crippen LogP contribution in [0.15, 0.2) is 42.0 Å². The predicted octanol–water partition coefficient (Wildman–Crippen LogP) is 1.99. The highest BCUT2D eigenvalue weighted by Crippen LogP contribution is 2.23. The molecule has 0 radical (unpaired) electrons. The third kappa shape index (κ3) is 7.85. The SMILES string of the molecule is CC(C)C=C(C#N)C(=O)N1CCCC[C@H]1CCC(=O)N[C@@H](Cc1ccccc1)B(O)O. The monoisotopic (exact) mass is 425 g/mol. The largest absolute Gasteiger partial charge is 0.475 e. The molecule has 2 rings (SSSR count). The van der Waals surface area contributed by atoms with Crippen molar-refractivity contribution in [3.05, 3.63) is 47.5 Å². The Balaban J connectivity index is 1.96. The highest BCUT2D eigenvalue weighted by atomic mass is 16.4. The average molecular weight is 425 g/mol. The van der Waals surface area contributed by atoms with Crippen molar-refractivity contribution >= 4 is 18.9 Å². The lowest BCUT2D eigenvalue weighted by Gasteiger charge is -2.35. The quantitative estimate of drug-likeness (QED) is 0.318. The molecule has 8 heteroatoms. The summed E-state index contributed by atoms with van der Waals surface area (Å²) in [7, 11) is -1.67. The molecule has 2 amide bonds. The van der Waals surface area contributed by atoms with E-state index >= 15 is 0 Å². The predicted molar refractivity (Wildman–Crippen MR) is 119 cm³/mol. The third-order valence-corrected chi connectivity index (χ3v) is 5.45. The fourth-order valence-electron chi connectivity index (χ4n) is 3.89. The number of allylic oxidation sites excluding steroid dienone is 1. The number of amides is 2. The fraction of sp³-hybridized carbons (Fsp3) is 0.522. The summed E-state index contributed by atoms with van der Waals surface area (Å²) < 4.78 is 0. The zero-order chi connectivity index (χ0) is 22.8. The molecule has 0 spiro atoms. The van der Waals surface area contributed by atoms with Crippen LogP contribution in [-0.2, 0) is 16.0 Å². The first-order valence-corrected chi connectivity index (χ1v) is 10.9. The lowest BCUT2D eigenvalue weighted by atomic mass is 9.76. The summed E-state index contributed by atoms with van der Waals surface area (Å²) in [5.41, 5.74) is 1.05. The minimum atomic E-state index is -1.67. The van der Waals surface area contributed by atoms with Gasteiger partial charge in [0, 0.05) is 19.0 Å². The van der Waals surface area contributed by atoms with Gasteiger partial charge in [-0.05, 0) is 43.6 Å². The lowest BCUT2D eigenvalue weighted by Crippen LogP contribution is -2.48. The maximum absolute atomic E-state index is 12.9. The molecule has 0 bridgehead atoms. The number of rotatable bonds is 9. The summed E-state index contributed by atoms with van der Waals surface area (Å²) >= 11 is 0. The van der Waals surface area contributed by atoms with Crippen LogP contribution in [-0.4, -0.2) is 52.4 Å². The Labute approximate surface area is 184 Å². The van der Waals surface area contributed by atoms with Gasteiger partial charge in [-0.3, -0.25) is 9.59 Å². The zero-order valence-corrected chi connectivity index (χ0v) is 18.3. The van der Waals surface area contributed by atoms with Gasteiger partial charge in [-0.25, -0.2) is 0 Å². The molecule has 1 aromatic rings. The zero-order valence-electron chi connectivity index (χ0n) is 18.3. The molecule has 1 aromatic carbocycles. The minimum Gasteiger partial charge on any atom is -0.426 e. The summed E-state index contributed by atoms with van der Waals surface area (Å²) in [6.07, 6.45) is 5.26. The van der Waals surface area contributed by atoms with Gasteiger partial charge in [0.05, 0.1) is 5.94 Å². The molecule has 1 fully saturated rings. The van der Waals surface area contributed by atoms with Crippen LogP contribution < -0.4 is 5.32 Å². The number of carbonyl (C=O) groups is 2. The van der Waals surface area contributed by atoms with Gasteiger partial charge >= 0.3 is 7.12 Å². The van der Waals surface area contributed by atoms with Crippen molar-refractivity contribution < 1.29 is 19.6 Å². The second-order valence-electron chi connectivity index (χ2n) is 8.40. The van der Waals surface area contributed by atoms with Gasteiger partial charge in [-0.2, -0.15) is 5.26 Å². The Morgan fingerprint density at radius 3 is 2.61 bits per heavy atom. The van der Waals surface area contributed by atoms with Crippen LogP contribution in [0.5, 0.6) is 0 Å². The first kappa shape index (κ1) is 24.6. The molecule has 2 atom stereocenters. The van der Waals surface area contributed by atoms with Gasteiger partial charge in [0.25, 0.3) is 5.91 Å². The Morgan fingerprint density at radius 2 is 2.00 bits per heavy atom. The molecule has 166 valence electrons. The molecular weight excluding hydrogens is 393 g/mol. The molecule has 0 aliphatic carbocycles. The minimum absolute atomic E-state index is 0.0964. The van der Waals surface area contributed by atoms with Crippen molar-refractivity contribution in [2.75, 3.05) is 6.54 Å². The Morgan fingerprint density at radius 1 is 1.29 bits per heavy atom. The van der Waals surface area contributed by atoms with Crippen molar-refractivity contribution in [1.82, 2.24) is 10.2 Å². The molecular formula is C23H32BN3O4. The van der Waals surface area contributed by atoms with Crippen LogP contribution in [0.1, 0.15) is 51.5 Å². The van der Waals surface area contributed by atoms with Crippen LogP contribution >= 0.6 is 0 Å². The van der Waals surface area contributed by atoms with E-state index in [-0.39, 0.29) is 35.8 Å². The second kappa shape index (κ2) is 12.3. The number of nitriles is 1. The third-order valence-electron chi connectivity index (χ3n) is 5.45. The summed E-state index contributed by atoms with van der Waals surface area (Å²) in [5.74, 6) is -1.27. The summed E-state index contributed by atoms with van der Waals surface area (Å²) in [6.45, 7) is 4.42. The van der Waals surface area contributed by atoms with Gasteiger partial charge < -0.3 is 20.3 Å². The van der Waals surface area contributed by atoms with E-state index in [9.17, 15) is 24.9 Å². The first-order valence-electron chi connectivity index (χ1n) is 10.9. The van der Waals surface area contributed by atoms with E-state index in [1.807, 2.05) is 50.2 Å². The second-order valence-corrected chi connectivity index (χ2v) is 8.40. The number of likely N-dealkylation sites (tertiary alicyclic amines) is 1. The maximum Gasteiger partial charge on any atom is 0.475 e. The topological polar surface area (TPSA) is 114 Å². The Hall–Kier alpha value is -2.63. The number of nitrogens with zero attached hydrogens (tertiary/aromatic N) is 2. The molecule has 0 aromatic heterocycles.